The van der Waals surface area contributed by atoms with E-state index in [1.807, 2.05) is 24.3 Å². The number of carbonyl (C=O) groups is 1. The first-order chi connectivity index (χ1) is 10.2. The van der Waals surface area contributed by atoms with E-state index in [1.54, 1.807) is 6.92 Å². The molecular formula is C12H13Cl3IN3O2S. The van der Waals surface area contributed by atoms with Crippen molar-refractivity contribution >= 4 is 86.5 Å². The molecule has 0 fully saturated rings. The smallest absolute Gasteiger partial charge is 0.408 e. The lowest BCUT2D eigenvalue weighted by molar-refractivity contribution is 0.147. The standard InChI is InChI=1S/C12H13Cl3IN3O2S/c1-2-21-11(20)19-9(12(13,14)15)18-10(22)17-8-5-3-7(16)4-6-8/h3-6,9H,2H2,1H3,(H,19,20)(H2,17,18,22)/t9-/m0/s1. The third-order valence-corrected chi connectivity index (χ3v) is 3.84. The number of alkyl halides is 3. The van der Waals surface area contributed by atoms with Gasteiger partial charge in [0.2, 0.25) is 3.79 Å². The van der Waals surface area contributed by atoms with Crippen molar-refractivity contribution in [2.45, 2.75) is 16.9 Å². The minimum atomic E-state index is -1.81. The predicted octanol–water partition coefficient (Wildman–Crippen LogP) is 4.02. The second-order valence-electron chi connectivity index (χ2n) is 3.94. The number of hydrogen-bond acceptors (Lipinski definition) is 3. The Bertz CT molecular complexity index is 525. The zero-order valence-corrected chi connectivity index (χ0v) is 16.6. The van der Waals surface area contributed by atoms with Gasteiger partial charge in [-0.3, -0.25) is 5.32 Å². The van der Waals surface area contributed by atoms with Crippen LogP contribution < -0.4 is 16.0 Å². The zero-order valence-electron chi connectivity index (χ0n) is 11.3. The molecule has 1 aromatic rings. The third kappa shape index (κ3) is 7.36. The van der Waals surface area contributed by atoms with E-state index < -0.39 is 16.1 Å². The molecule has 1 amide bonds. The molecular weight excluding hydrogens is 483 g/mol. The Labute approximate surface area is 162 Å². The fourth-order valence-corrected chi connectivity index (χ4v) is 2.24. The molecule has 22 heavy (non-hydrogen) atoms. The molecule has 1 atom stereocenters. The number of alkyl carbamates (subject to hydrolysis) is 1. The van der Waals surface area contributed by atoms with Crippen molar-refractivity contribution in [3.05, 3.63) is 27.8 Å². The largest absolute Gasteiger partial charge is 0.450 e. The van der Waals surface area contributed by atoms with E-state index in [0.717, 1.165) is 9.26 Å². The quantitative estimate of drug-likeness (QED) is 0.254. The highest BCUT2D eigenvalue weighted by molar-refractivity contribution is 14.1. The van der Waals surface area contributed by atoms with Crippen LogP contribution in [0.4, 0.5) is 10.5 Å². The van der Waals surface area contributed by atoms with E-state index in [9.17, 15) is 4.79 Å². The summed E-state index contributed by atoms with van der Waals surface area (Å²) < 4.78 is 4.02. The van der Waals surface area contributed by atoms with Crippen molar-refractivity contribution in [2.75, 3.05) is 11.9 Å². The topological polar surface area (TPSA) is 62.4 Å². The van der Waals surface area contributed by atoms with Gasteiger partial charge in [0.05, 0.1) is 6.61 Å². The first kappa shape index (κ1) is 19.8. The maximum atomic E-state index is 11.5. The third-order valence-electron chi connectivity index (χ3n) is 2.24. The van der Waals surface area contributed by atoms with Crippen molar-refractivity contribution < 1.29 is 9.53 Å². The number of benzene rings is 1. The number of nitrogens with one attached hydrogen (secondary N) is 3. The summed E-state index contributed by atoms with van der Waals surface area (Å²) in [5.41, 5.74) is 0.761. The van der Waals surface area contributed by atoms with Crippen molar-refractivity contribution in [1.82, 2.24) is 10.6 Å². The number of anilines is 1. The van der Waals surface area contributed by atoms with Gasteiger partial charge in [0.15, 0.2) is 11.3 Å². The Morgan fingerprint density at radius 3 is 2.41 bits per heavy atom. The molecule has 0 aliphatic heterocycles. The first-order valence-electron chi connectivity index (χ1n) is 6.05. The summed E-state index contributed by atoms with van der Waals surface area (Å²) >= 11 is 24.8. The fraction of sp³-hybridized carbons (Fsp3) is 0.333. The Morgan fingerprint density at radius 2 is 1.91 bits per heavy atom. The molecule has 0 aliphatic carbocycles. The summed E-state index contributed by atoms with van der Waals surface area (Å²) in [4.78, 5) is 11.5. The maximum absolute atomic E-state index is 11.5. The van der Waals surface area contributed by atoms with Crippen LogP contribution in [0.5, 0.6) is 0 Å². The number of thiocarbonyl (C=S) groups is 1. The lowest BCUT2D eigenvalue weighted by Gasteiger charge is -2.27. The Morgan fingerprint density at radius 1 is 1.32 bits per heavy atom. The van der Waals surface area contributed by atoms with Crippen LogP contribution >= 0.6 is 69.6 Å². The SMILES string of the molecule is CCOC(=O)N[C@H](NC(=S)Nc1ccc(I)cc1)C(Cl)(Cl)Cl. The van der Waals surface area contributed by atoms with Gasteiger partial charge in [0.25, 0.3) is 0 Å². The molecule has 0 spiro atoms. The summed E-state index contributed by atoms with van der Waals surface area (Å²) in [6, 6.07) is 7.52. The normalized spacial score (nSPS) is 12.2. The Balaban J connectivity index is 2.66. The molecule has 0 aromatic heterocycles. The second kappa shape index (κ2) is 9.17. The molecule has 0 saturated carbocycles. The lowest BCUT2D eigenvalue weighted by Crippen LogP contribution is -2.56. The van der Waals surface area contributed by atoms with Gasteiger partial charge in [0.1, 0.15) is 0 Å². The summed E-state index contributed by atoms with van der Waals surface area (Å²) in [6.07, 6.45) is -1.77. The summed E-state index contributed by atoms with van der Waals surface area (Å²) in [5, 5.41) is 8.22. The molecule has 0 heterocycles. The Kier molecular flexibility index (Phi) is 8.26. The molecule has 0 saturated heterocycles. The average molecular weight is 497 g/mol. The highest BCUT2D eigenvalue weighted by Crippen LogP contribution is 2.29. The summed E-state index contributed by atoms with van der Waals surface area (Å²) in [7, 11) is 0. The van der Waals surface area contributed by atoms with Gasteiger partial charge in [-0.15, -0.1) is 0 Å². The molecule has 0 radical (unpaired) electrons. The van der Waals surface area contributed by atoms with Gasteiger partial charge in [-0.1, -0.05) is 34.8 Å². The molecule has 3 N–H and O–H groups in total. The summed E-state index contributed by atoms with van der Waals surface area (Å²) in [5.74, 6) is 0. The molecule has 1 rings (SSSR count). The lowest BCUT2D eigenvalue weighted by atomic mass is 10.3. The van der Waals surface area contributed by atoms with Crippen LogP contribution in [0.15, 0.2) is 24.3 Å². The monoisotopic (exact) mass is 495 g/mol. The van der Waals surface area contributed by atoms with Crippen LogP contribution in [0.1, 0.15) is 6.92 Å². The molecule has 5 nitrogen and oxygen atoms in total. The van der Waals surface area contributed by atoms with Crippen LogP contribution in [0.25, 0.3) is 0 Å². The van der Waals surface area contributed by atoms with Crippen LogP contribution in [-0.4, -0.2) is 27.8 Å². The van der Waals surface area contributed by atoms with E-state index in [-0.39, 0.29) is 11.7 Å². The highest BCUT2D eigenvalue weighted by Gasteiger charge is 2.35. The average Bonchev–Trinajstić information content (AvgIpc) is 2.40. The van der Waals surface area contributed by atoms with E-state index in [4.69, 9.17) is 51.8 Å². The fourth-order valence-electron chi connectivity index (χ4n) is 1.32. The molecule has 0 unspecified atom stereocenters. The molecule has 1 aromatic carbocycles. The maximum Gasteiger partial charge on any atom is 0.408 e. The van der Waals surface area contributed by atoms with Gasteiger partial charge >= 0.3 is 6.09 Å². The number of hydrogen-bond donors (Lipinski definition) is 3. The first-order valence-corrected chi connectivity index (χ1v) is 8.67. The van der Waals surface area contributed by atoms with Crippen molar-refractivity contribution in [3.8, 4) is 0 Å². The van der Waals surface area contributed by atoms with Gasteiger partial charge < -0.3 is 15.4 Å². The van der Waals surface area contributed by atoms with Gasteiger partial charge in [-0.05, 0) is 66.0 Å². The minimum absolute atomic E-state index is 0.189. The predicted molar refractivity (Wildman–Crippen MR) is 103 cm³/mol. The molecule has 0 bridgehead atoms. The number of ether oxygens (including phenoxy) is 1. The second-order valence-corrected chi connectivity index (χ2v) is 7.97. The van der Waals surface area contributed by atoms with E-state index in [1.165, 1.54) is 0 Å². The number of halogens is 4. The number of amides is 1. The Hall–Kier alpha value is -0.220. The highest BCUT2D eigenvalue weighted by atomic mass is 127. The van der Waals surface area contributed by atoms with Crippen LogP contribution in [0.2, 0.25) is 0 Å². The van der Waals surface area contributed by atoms with Crippen molar-refractivity contribution in [2.24, 2.45) is 0 Å². The van der Waals surface area contributed by atoms with E-state index >= 15 is 0 Å². The van der Waals surface area contributed by atoms with Crippen LogP contribution in [0.3, 0.4) is 0 Å². The van der Waals surface area contributed by atoms with Crippen molar-refractivity contribution in [3.63, 3.8) is 0 Å². The van der Waals surface area contributed by atoms with Gasteiger partial charge in [-0.25, -0.2) is 4.79 Å². The van der Waals surface area contributed by atoms with Gasteiger partial charge in [-0.2, -0.15) is 0 Å². The van der Waals surface area contributed by atoms with Gasteiger partial charge in [0, 0.05) is 9.26 Å². The van der Waals surface area contributed by atoms with E-state index in [0.29, 0.717) is 0 Å². The van der Waals surface area contributed by atoms with Crippen molar-refractivity contribution in [1.29, 1.82) is 0 Å². The zero-order chi connectivity index (χ0) is 16.8. The molecule has 0 aliphatic rings. The minimum Gasteiger partial charge on any atom is -0.450 e. The summed E-state index contributed by atoms with van der Waals surface area (Å²) in [6.45, 7) is 1.87. The van der Waals surface area contributed by atoms with E-state index in [2.05, 4.69) is 38.5 Å². The molecule has 10 heteroatoms. The molecule has 122 valence electrons. The van der Waals surface area contributed by atoms with Crippen LogP contribution in [0, 0.1) is 3.57 Å². The van der Waals surface area contributed by atoms with Crippen LogP contribution in [-0.2, 0) is 4.74 Å². The number of rotatable bonds is 4. The number of carbonyl (C=O) groups excluding carboxylic acids is 1.